The number of thiazole rings is 1. The minimum absolute atomic E-state index is 0.0140. The number of hydrogen-bond acceptors (Lipinski definition) is 5. The average molecular weight is 484 g/mol. The lowest BCUT2D eigenvalue weighted by Gasteiger charge is -2.12. The van der Waals surface area contributed by atoms with E-state index in [0.717, 1.165) is 31.9 Å². The average Bonchev–Trinajstić information content (AvgIpc) is 3.26. The quantitative estimate of drug-likeness (QED) is 0.512. The van der Waals surface area contributed by atoms with Crippen LogP contribution >= 0.6 is 27.3 Å². The molecule has 2 heterocycles. The highest BCUT2D eigenvalue weighted by Crippen LogP contribution is 2.32. The molecule has 1 aromatic heterocycles. The topological polar surface area (TPSA) is 79.4 Å². The summed E-state index contributed by atoms with van der Waals surface area (Å²) in [4.78, 5) is 44.0. The van der Waals surface area contributed by atoms with E-state index >= 15 is 0 Å². The van der Waals surface area contributed by atoms with Crippen LogP contribution in [0.3, 0.4) is 0 Å². The highest BCUT2D eigenvalue weighted by Gasteiger charge is 2.35. The molecule has 0 fully saturated rings. The molecule has 4 rings (SSSR count). The maximum absolute atomic E-state index is 12.4. The van der Waals surface area contributed by atoms with Gasteiger partial charge in [-0.1, -0.05) is 47.1 Å². The van der Waals surface area contributed by atoms with E-state index in [-0.39, 0.29) is 30.7 Å². The Hall–Kier alpha value is -2.84. The van der Waals surface area contributed by atoms with Gasteiger partial charge < -0.3 is 5.32 Å². The molecule has 6 nitrogen and oxygen atoms in total. The molecule has 8 heteroatoms. The van der Waals surface area contributed by atoms with Gasteiger partial charge in [0.2, 0.25) is 5.91 Å². The molecule has 0 radical (unpaired) electrons. The van der Waals surface area contributed by atoms with Crippen molar-refractivity contribution in [3.05, 3.63) is 69.0 Å². The van der Waals surface area contributed by atoms with E-state index in [9.17, 15) is 14.4 Å². The number of nitrogens with one attached hydrogen (secondary N) is 1. The van der Waals surface area contributed by atoms with Crippen LogP contribution in [0.1, 0.15) is 38.9 Å². The minimum Gasteiger partial charge on any atom is -0.302 e. The number of carbonyl (C=O) groups excluding carboxylic acids is 3. The van der Waals surface area contributed by atoms with Crippen LogP contribution in [0.25, 0.3) is 11.3 Å². The van der Waals surface area contributed by atoms with Gasteiger partial charge in [0.05, 0.1) is 16.8 Å². The first-order chi connectivity index (χ1) is 14.5. The number of imide groups is 1. The predicted molar refractivity (Wildman–Crippen MR) is 120 cm³/mol. The smallest absolute Gasteiger partial charge is 0.261 e. The van der Waals surface area contributed by atoms with Gasteiger partial charge in [-0.2, -0.15) is 0 Å². The van der Waals surface area contributed by atoms with Gasteiger partial charge in [-0.05, 0) is 30.7 Å². The minimum atomic E-state index is -0.358. The van der Waals surface area contributed by atoms with Gasteiger partial charge in [0.1, 0.15) is 0 Å². The lowest BCUT2D eigenvalue weighted by atomic mass is 10.1. The zero-order valence-corrected chi connectivity index (χ0v) is 18.5. The number of aromatic nitrogens is 1. The fraction of sp³-hybridized carbons (Fsp3) is 0.182. The first-order valence-corrected chi connectivity index (χ1v) is 11.1. The number of rotatable bonds is 6. The fourth-order valence-corrected chi connectivity index (χ4v) is 4.52. The maximum atomic E-state index is 12.4. The molecule has 30 heavy (non-hydrogen) atoms. The number of fused-ring (bicyclic) bond motifs is 1. The van der Waals surface area contributed by atoms with E-state index in [1.165, 1.54) is 11.3 Å². The summed E-state index contributed by atoms with van der Waals surface area (Å²) in [7, 11) is 0. The van der Waals surface area contributed by atoms with Gasteiger partial charge in [0, 0.05) is 27.9 Å². The van der Waals surface area contributed by atoms with Crippen LogP contribution < -0.4 is 5.32 Å². The van der Waals surface area contributed by atoms with Crippen molar-refractivity contribution in [1.82, 2.24) is 9.88 Å². The summed E-state index contributed by atoms with van der Waals surface area (Å²) in [6.45, 7) is 2.08. The van der Waals surface area contributed by atoms with Gasteiger partial charge in [-0.25, -0.2) is 4.98 Å². The zero-order chi connectivity index (χ0) is 21.3. The van der Waals surface area contributed by atoms with Crippen molar-refractivity contribution >= 4 is 50.1 Å². The van der Waals surface area contributed by atoms with Crippen LogP contribution in [0.2, 0.25) is 0 Å². The van der Waals surface area contributed by atoms with Crippen LogP contribution in [-0.2, 0) is 11.2 Å². The normalized spacial score (nSPS) is 12.9. The molecule has 1 aliphatic heterocycles. The lowest BCUT2D eigenvalue weighted by Crippen LogP contribution is -2.32. The molecule has 0 atom stereocenters. The molecule has 1 aliphatic rings. The third-order valence-corrected chi connectivity index (χ3v) is 6.47. The molecule has 3 amide bonds. The predicted octanol–water partition coefficient (Wildman–Crippen LogP) is 4.76. The Morgan fingerprint density at radius 3 is 2.30 bits per heavy atom. The lowest BCUT2D eigenvalue weighted by molar-refractivity contribution is -0.116. The Bertz CT molecular complexity index is 1110. The standard InChI is InChI=1S/C22H18BrN3O3S/c1-2-17-19(13-7-9-14(23)10-8-13)25-22(30-17)24-18(27)11-12-26-20(28)15-5-3-4-6-16(15)21(26)29/h3-10H,2,11-12H2,1H3,(H,24,25,27). The van der Waals surface area contributed by atoms with Crippen molar-refractivity contribution in [2.75, 3.05) is 11.9 Å². The Morgan fingerprint density at radius 2 is 1.70 bits per heavy atom. The molecule has 0 spiro atoms. The van der Waals surface area contributed by atoms with Gasteiger partial charge in [0.15, 0.2) is 5.13 Å². The van der Waals surface area contributed by atoms with E-state index in [4.69, 9.17) is 0 Å². The van der Waals surface area contributed by atoms with E-state index in [1.54, 1.807) is 24.3 Å². The summed E-state index contributed by atoms with van der Waals surface area (Å²) in [6, 6.07) is 14.6. The fourth-order valence-electron chi connectivity index (χ4n) is 3.32. The Kier molecular flexibility index (Phi) is 5.78. The van der Waals surface area contributed by atoms with Crippen molar-refractivity contribution < 1.29 is 14.4 Å². The Morgan fingerprint density at radius 1 is 1.07 bits per heavy atom. The van der Waals surface area contributed by atoms with Crippen LogP contribution in [0, 0.1) is 0 Å². The molecular formula is C22H18BrN3O3S. The second kappa shape index (κ2) is 8.49. The Balaban J connectivity index is 1.42. The first-order valence-electron chi connectivity index (χ1n) is 9.48. The molecule has 0 saturated heterocycles. The summed E-state index contributed by atoms with van der Waals surface area (Å²) < 4.78 is 0.987. The number of carbonyl (C=O) groups is 3. The Labute approximate surface area is 186 Å². The molecule has 3 aromatic rings. The molecule has 152 valence electrons. The third-order valence-electron chi connectivity index (χ3n) is 4.82. The molecule has 0 bridgehead atoms. The second-order valence-electron chi connectivity index (χ2n) is 6.76. The molecule has 0 aliphatic carbocycles. The summed E-state index contributed by atoms with van der Waals surface area (Å²) in [5.74, 6) is -1.00. The van der Waals surface area contributed by atoms with Crippen LogP contribution in [0.5, 0.6) is 0 Å². The van der Waals surface area contributed by atoms with E-state index in [0.29, 0.717) is 16.3 Å². The number of aryl methyl sites for hydroxylation is 1. The molecule has 2 aromatic carbocycles. The van der Waals surface area contributed by atoms with Crippen LogP contribution in [0.15, 0.2) is 53.0 Å². The van der Waals surface area contributed by atoms with Crippen molar-refractivity contribution in [2.45, 2.75) is 19.8 Å². The van der Waals surface area contributed by atoms with Gasteiger partial charge in [-0.15, -0.1) is 11.3 Å². The monoisotopic (exact) mass is 483 g/mol. The van der Waals surface area contributed by atoms with Crippen LogP contribution in [0.4, 0.5) is 5.13 Å². The SMILES string of the molecule is CCc1sc(NC(=O)CCN2C(=O)c3ccccc3C2=O)nc1-c1ccc(Br)cc1. The number of anilines is 1. The zero-order valence-electron chi connectivity index (χ0n) is 16.1. The van der Waals surface area contributed by atoms with E-state index in [1.807, 2.05) is 31.2 Å². The summed E-state index contributed by atoms with van der Waals surface area (Å²) in [5, 5.41) is 3.31. The van der Waals surface area contributed by atoms with E-state index < -0.39 is 0 Å². The summed E-state index contributed by atoms with van der Waals surface area (Å²) >= 11 is 4.86. The maximum Gasteiger partial charge on any atom is 0.261 e. The number of benzene rings is 2. The van der Waals surface area contributed by atoms with Crippen LogP contribution in [-0.4, -0.2) is 34.2 Å². The second-order valence-corrected chi connectivity index (χ2v) is 8.76. The van der Waals surface area contributed by atoms with Gasteiger partial charge in [-0.3, -0.25) is 19.3 Å². The van der Waals surface area contributed by atoms with Gasteiger partial charge >= 0.3 is 0 Å². The third kappa shape index (κ3) is 3.93. The highest BCUT2D eigenvalue weighted by atomic mass is 79.9. The molecule has 0 unspecified atom stereocenters. The summed E-state index contributed by atoms with van der Waals surface area (Å²) in [6.07, 6.45) is 0.814. The van der Waals surface area contributed by atoms with Crippen molar-refractivity contribution in [2.24, 2.45) is 0 Å². The highest BCUT2D eigenvalue weighted by molar-refractivity contribution is 9.10. The summed E-state index contributed by atoms with van der Waals surface area (Å²) in [5.41, 5.74) is 2.60. The largest absolute Gasteiger partial charge is 0.302 e. The molecule has 0 saturated carbocycles. The number of amides is 3. The molecule has 1 N–H and O–H groups in total. The van der Waals surface area contributed by atoms with Crippen molar-refractivity contribution in [3.63, 3.8) is 0 Å². The number of halogens is 1. The number of nitrogens with zero attached hydrogens (tertiary/aromatic N) is 2. The molecular weight excluding hydrogens is 466 g/mol. The van der Waals surface area contributed by atoms with Crippen molar-refractivity contribution in [1.29, 1.82) is 0 Å². The van der Waals surface area contributed by atoms with Crippen molar-refractivity contribution in [3.8, 4) is 11.3 Å². The number of hydrogen-bond donors (Lipinski definition) is 1. The van der Waals surface area contributed by atoms with E-state index in [2.05, 4.69) is 26.2 Å². The van der Waals surface area contributed by atoms with Gasteiger partial charge in [0.25, 0.3) is 11.8 Å². The first kappa shape index (κ1) is 20.4.